The Bertz CT molecular complexity index is 628. The third-order valence-electron chi connectivity index (χ3n) is 2.25. The maximum atomic E-state index is 11.3. The fourth-order valence-corrected chi connectivity index (χ4v) is 2.54. The average molecular weight is 283 g/mol. The van der Waals surface area contributed by atoms with Crippen molar-refractivity contribution >= 4 is 23.4 Å². The third-order valence-corrected chi connectivity index (χ3v) is 3.41. The molecule has 0 atom stereocenters. The lowest BCUT2D eigenvalue weighted by Gasteiger charge is -2.05. The molecule has 0 bridgehead atoms. The number of aromatic amines is 1. The van der Waals surface area contributed by atoms with Crippen LogP contribution in [0.4, 0.5) is 0 Å². The third kappa shape index (κ3) is 3.27. The van der Waals surface area contributed by atoms with E-state index in [9.17, 15) is 9.90 Å². The summed E-state index contributed by atoms with van der Waals surface area (Å²) in [6, 6.07) is 6.29. The summed E-state index contributed by atoms with van der Waals surface area (Å²) >= 11 is 7.19. The van der Waals surface area contributed by atoms with E-state index in [1.165, 1.54) is 17.8 Å². The topological polar surface area (TPSA) is 66.0 Å². The number of halogens is 1. The monoisotopic (exact) mass is 282 g/mol. The highest BCUT2D eigenvalue weighted by Crippen LogP contribution is 2.27. The summed E-state index contributed by atoms with van der Waals surface area (Å²) in [7, 11) is 0. The minimum atomic E-state index is -0.180. The van der Waals surface area contributed by atoms with Gasteiger partial charge in [0.2, 0.25) is 0 Å². The zero-order valence-electron chi connectivity index (χ0n) is 9.61. The van der Waals surface area contributed by atoms with Crippen molar-refractivity contribution in [3.8, 4) is 5.75 Å². The van der Waals surface area contributed by atoms with E-state index >= 15 is 0 Å². The molecule has 94 valence electrons. The summed E-state index contributed by atoms with van der Waals surface area (Å²) < 4.78 is 0. The summed E-state index contributed by atoms with van der Waals surface area (Å²) in [4.78, 5) is 18.1. The van der Waals surface area contributed by atoms with Crippen molar-refractivity contribution in [1.82, 2.24) is 9.97 Å². The number of phenols is 1. The Morgan fingerprint density at radius 2 is 2.22 bits per heavy atom. The molecule has 0 radical (unpaired) electrons. The predicted molar refractivity (Wildman–Crippen MR) is 72.3 cm³/mol. The molecule has 0 amide bonds. The molecule has 2 rings (SSSR count). The van der Waals surface area contributed by atoms with Gasteiger partial charge in [0.15, 0.2) is 5.16 Å². The number of hydrogen-bond donors (Lipinski definition) is 2. The Labute approximate surface area is 113 Å². The number of nitrogens with one attached hydrogen (secondary N) is 1. The quantitative estimate of drug-likeness (QED) is 0.671. The Kier molecular flexibility index (Phi) is 3.93. The minimum Gasteiger partial charge on any atom is -0.508 e. The lowest BCUT2D eigenvalue weighted by atomic mass is 10.2. The van der Waals surface area contributed by atoms with Gasteiger partial charge in [0.1, 0.15) is 5.75 Å². The summed E-state index contributed by atoms with van der Waals surface area (Å²) in [5.41, 5.74) is 1.19. The van der Waals surface area contributed by atoms with Crippen molar-refractivity contribution in [2.45, 2.75) is 17.8 Å². The van der Waals surface area contributed by atoms with E-state index in [0.717, 1.165) is 0 Å². The van der Waals surface area contributed by atoms with Gasteiger partial charge in [-0.15, -0.1) is 0 Å². The molecule has 2 aromatic rings. The van der Waals surface area contributed by atoms with Gasteiger partial charge in [-0.2, -0.15) is 0 Å². The minimum absolute atomic E-state index is 0.180. The highest BCUT2D eigenvalue weighted by molar-refractivity contribution is 7.98. The fraction of sp³-hybridized carbons (Fsp3) is 0.167. The van der Waals surface area contributed by atoms with Crippen LogP contribution in [-0.4, -0.2) is 15.1 Å². The van der Waals surface area contributed by atoms with Crippen molar-refractivity contribution < 1.29 is 5.11 Å². The first-order valence-electron chi connectivity index (χ1n) is 5.23. The van der Waals surface area contributed by atoms with Crippen molar-refractivity contribution in [3.63, 3.8) is 0 Å². The zero-order valence-corrected chi connectivity index (χ0v) is 11.2. The number of thioether (sulfide) groups is 1. The Morgan fingerprint density at radius 1 is 1.44 bits per heavy atom. The Hall–Kier alpha value is -1.46. The normalized spacial score (nSPS) is 10.6. The molecule has 0 aliphatic carbocycles. The summed E-state index contributed by atoms with van der Waals surface area (Å²) in [5, 5.41) is 10.7. The van der Waals surface area contributed by atoms with E-state index < -0.39 is 0 Å². The number of phenolic OH excluding ortho intramolecular Hbond substituents is 1. The molecule has 1 aromatic heterocycles. The first-order valence-corrected chi connectivity index (χ1v) is 6.59. The Morgan fingerprint density at radius 3 is 2.94 bits per heavy atom. The van der Waals surface area contributed by atoms with Gasteiger partial charge in [-0.25, -0.2) is 4.98 Å². The number of nitrogens with zero attached hydrogens (tertiary/aromatic N) is 1. The number of H-pyrrole nitrogens is 1. The summed E-state index contributed by atoms with van der Waals surface area (Å²) in [6.45, 7) is 1.76. The number of aromatic nitrogens is 2. The molecular formula is C12H11ClN2O2S. The Balaban J connectivity index is 2.16. The average Bonchev–Trinajstić information content (AvgIpc) is 2.29. The highest BCUT2D eigenvalue weighted by Gasteiger charge is 2.05. The van der Waals surface area contributed by atoms with E-state index in [-0.39, 0.29) is 11.3 Å². The molecule has 1 heterocycles. The lowest BCUT2D eigenvalue weighted by molar-refractivity contribution is 0.470. The van der Waals surface area contributed by atoms with Crippen molar-refractivity contribution in [2.75, 3.05) is 0 Å². The summed E-state index contributed by atoms with van der Waals surface area (Å²) in [5.74, 6) is 0.667. The molecule has 2 N–H and O–H groups in total. The fourth-order valence-electron chi connectivity index (χ4n) is 1.44. The molecule has 0 aliphatic heterocycles. The molecule has 4 nitrogen and oxygen atoms in total. The summed E-state index contributed by atoms with van der Waals surface area (Å²) in [6.07, 6.45) is 0. The molecule has 0 spiro atoms. The number of benzene rings is 1. The van der Waals surface area contributed by atoms with Gasteiger partial charge in [-0.3, -0.25) is 4.79 Å². The first-order chi connectivity index (χ1) is 8.54. The second-order valence-electron chi connectivity index (χ2n) is 3.75. The van der Waals surface area contributed by atoms with Crippen molar-refractivity contribution in [1.29, 1.82) is 0 Å². The van der Waals surface area contributed by atoms with Crippen LogP contribution >= 0.6 is 23.4 Å². The molecule has 1 aromatic carbocycles. The smallest absolute Gasteiger partial charge is 0.251 e. The zero-order chi connectivity index (χ0) is 13.1. The van der Waals surface area contributed by atoms with E-state index in [1.54, 1.807) is 25.1 Å². The van der Waals surface area contributed by atoms with Gasteiger partial charge in [-0.1, -0.05) is 23.4 Å². The van der Waals surface area contributed by atoms with E-state index in [2.05, 4.69) is 9.97 Å². The largest absolute Gasteiger partial charge is 0.508 e. The first kappa shape index (κ1) is 13.0. The van der Waals surface area contributed by atoms with Crippen LogP contribution in [0.1, 0.15) is 11.3 Å². The lowest BCUT2D eigenvalue weighted by Crippen LogP contribution is -2.08. The van der Waals surface area contributed by atoms with Crippen LogP contribution in [0.5, 0.6) is 5.75 Å². The van der Waals surface area contributed by atoms with Crippen LogP contribution in [0.15, 0.2) is 34.2 Å². The standard InChI is InChI=1S/C12H11ClN2O2S/c1-7-4-11(17)15-12(14-7)18-6-8-5-9(13)2-3-10(8)16/h2-5,16H,6H2,1H3,(H,14,15,17). The van der Waals surface area contributed by atoms with Crippen LogP contribution in [0.3, 0.4) is 0 Å². The maximum absolute atomic E-state index is 11.3. The van der Waals surface area contributed by atoms with Gasteiger partial charge in [0.05, 0.1) is 0 Å². The molecule has 6 heteroatoms. The van der Waals surface area contributed by atoms with E-state index in [1.807, 2.05) is 0 Å². The number of aromatic hydroxyl groups is 1. The van der Waals surface area contributed by atoms with Gasteiger partial charge < -0.3 is 10.1 Å². The number of rotatable bonds is 3. The highest BCUT2D eigenvalue weighted by atomic mass is 35.5. The number of aryl methyl sites for hydroxylation is 1. The van der Waals surface area contributed by atoms with Crippen LogP contribution in [0, 0.1) is 6.92 Å². The van der Waals surface area contributed by atoms with Crippen LogP contribution in [0.2, 0.25) is 5.02 Å². The van der Waals surface area contributed by atoms with Gasteiger partial charge in [0, 0.05) is 28.1 Å². The van der Waals surface area contributed by atoms with E-state index in [4.69, 9.17) is 11.6 Å². The van der Waals surface area contributed by atoms with Crippen LogP contribution in [-0.2, 0) is 5.75 Å². The van der Waals surface area contributed by atoms with E-state index in [0.29, 0.717) is 27.2 Å². The molecule has 0 fully saturated rings. The van der Waals surface area contributed by atoms with Gasteiger partial charge in [0.25, 0.3) is 5.56 Å². The molecule has 18 heavy (non-hydrogen) atoms. The van der Waals surface area contributed by atoms with Crippen LogP contribution in [0.25, 0.3) is 0 Å². The van der Waals surface area contributed by atoms with Gasteiger partial charge in [-0.05, 0) is 25.1 Å². The van der Waals surface area contributed by atoms with Crippen molar-refractivity contribution in [2.24, 2.45) is 0 Å². The molecule has 0 saturated carbocycles. The number of hydrogen-bond acceptors (Lipinski definition) is 4. The predicted octanol–water partition coefficient (Wildman–Crippen LogP) is 2.73. The van der Waals surface area contributed by atoms with Crippen molar-refractivity contribution in [3.05, 3.63) is 50.9 Å². The molecule has 0 aliphatic rings. The van der Waals surface area contributed by atoms with Gasteiger partial charge >= 0.3 is 0 Å². The molecule has 0 saturated heterocycles. The second kappa shape index (κ2) is 5.46. The second-order valence-corrected chi connectivity index (χ2v) is 5.15. The SMILES string of the molecule is Cc1cc(=O)[nH]c(SCc2cc(Cl)ccc2O)n1. The molecular weight excluding hydrogens is 272 g/mol. The molecule has 0 unspecified atom stereocenters. The maximum Gasteiger partial charge on any atom is 0.251 e. The van der Waals surface area contributed by atoms with Crippen LogP contribution < -0.4 is 5.56 Å².